The Hall–Kier alpha value is -1.68. The van der Waals surface area contributed by atoms with Crippen molar-refractivity contribution in [2.75, 3.05) is 6.61 Å². The maximum absolute atomic E-state index is 12.3. The first-order valence-electron chi connectivity index (χ1n) is 5.70. The van der Waals surface area contributed by atoms with Gasteiger partial charge in [-0.05, 0) is 12.3 Å². The van der Waals surface area contributed by atoms with Crippen molar-refractivity contribution in [3.05, 3.63) is 42.0 Å². The number of fused-ring (bicyclic) bond motifs is 1. The first kappa shape index (κ1) is 12.8. The second-order valence-electron chi connectivity index (χ2n) is 4.08. The Bertz CT molecular complexity index is 538. The lowest BCUT2D eigenvalue weighted by molar-refractivity contribution is 0.0803. The number of hydrogen-bond acceptors (Lipinski definition) is 2. The third kappa shape index (κ3) is 2.59. The van der Waals surface area contributed by atoms with Gasteiger partial charge in [-0.3, -0.25) is 0 Å². The van der Waals surface area contributed by atoms with Gasteiger partial charge in [-0.15, -0.1) is 0 Å². The van der Waals surface area contributed by atoms with Gasteiger partial charge < -0.3 is 9.84 Å². The van der Waals surface area contributed by atoms with E-state index in [2.05, 4.69) is 0 Å². The molecule has 0 bridgehead atoms. The molecule has 0 aliphatic carbocycles. The second-order valence-corrected chi connectivity index (χ2v) is 4.08. The van der Waals surface area contributed by atoms with Crippen molar-refractivity contribution in [3.63, 3.8) is 0 Å². The van der Waals surface area contributed by atoms with Gasteiger partial charge in [-0.1, -0.05) is 36.4 Å². The SMILES string of the molecule is C[C@H](O)c1ccc2ccccc2c1OCC(F)F. The number of rotatable bonds is 4. The minimum Gasteiger partial charge on any atom is -0.487 e. The van der Waals surface area contributed by atoms with E-state index in [1.165, 1.54) is 0 Å². The lowest BCUT2D eigenvalue weighted by Crippen LogP contribution is -2.09. The molecule has 96 valence electrons. The van der Waals surface area contributed by atoms with Crippen molar-refractivity contribution < 1.29 is 18.6 Å². The van der Waals surface area contributed by atoms with E-state index in [9.17, 15) is 13.9 Å². The Morgan fingerprint density at radius 3 is 2.56 bits per heavy atom. The number of aliphatic hydroxyl groups excluding tert-OH is 1. The fraction of sp³-hybridized carbons (Fsp3) is 0.286. The van der Waals surface area contributed by atoms with Crippen LogP contribution in [0.3, 0.4) is 0 Å². The summed E-state index contributed by atoms with van der Waals surface area (Å²) in [7, 11) is 0. The van der Waals surface area contributed by atoms with Crippen LogP contribution in [0.2, 0.25) is 0 Å². The average Bonchev–Trinajstić information content (AvgIpc) is 2.35. The molecule has 0 fully saturated rings. The molecule has 0 saturated heterocycles. The Labute approximate surface area is 104 Å². The maximum Gasteiger partial charge on any atom is 0.272 e. The highest BCUT2D eigenvalue weighted by Crippen LogP contribution is 2.33. The summed E-state index contributed by atoms with van der Waals surface area (Å²) in [4.78, 5) is 0. The van der Waals surface area contributed by atoms with Gasteiger partial charge >= 0.3 is 0 Å². The highest BCUT2D eigenvalue weighted by atomic mass is 19.3. The number of ether oxygens (including phenoxy) is 1. The van der Waals surface area contributed by atoms with Crippen molar-refractivity contribution in [3.8, 4) is 5.75 Å². The van der Waals surface area contributed by atoms with E-state index in [4.69, 9.17) is 4.74 Å². The fourth-order valence-corrected chi connectivity index (χ4v) is 1.90. The molecule has 0 aromatic heterocycles. The molecule has 0 unspecified atom stereocenters. The van der Waals surface area contributed by atoms with Crippen LogP contribution in [0.15, 0.2) is 36.4 Å². The summed E-state index contributed by atoms with van der Waals surface area (Å²) in [5.74, 6) is 0.336. The largest absolute Gasteiger partial charge is 0.487 e. The normalized spacial score (nSPS) is 12.9. The monoisotopic (exact) mass is 252 g/mol. The first-order chi connectivity index (χ1) is 8.59. The van der Waals surface area contributed by atoms with Crippen molar-refractivity contribution in [1.29, 1.82) is 0 Å². The van der Waals surface area contributed by atoms with Crippen molar-refractivity contribution >= 4 is 10.8 Å². The minimum absolute atomic E-state index is 0.336. The summed E-state index contributed by atoms with van der Waals surface area (Å²) in [5, 5.41) is 11.3. The zero-order valence-electron chi connectivity index (χ0n) is 9.94. The summed E-state index contributed by atoms with van der Waals surface area (Å²) in [5.41, 5.74) is 0.523. The molecule has 2 aromatic rings. The molecule has 2 nitrogen and oxygen atoms in total. The van der Waals surface area contributed by atoms with Crippen LogP contribution in [0.5, 0.6) is 5.75 Å². The third-order valence-corrected chi connectivity index (χ3v) is 2.71. The Morgan fingerprint density at radius 1 is 1.17 bits per heavy atom. The minimum atomic E-state index is -2.54. The molecule has 4 heteroatoms. The van der Waals surface area contributed by atoms with Gasteiger partial charge in [0.2, 0.25) is 0 Å². The van der Waals surface area contributed by atoms with Crippen LogP contribution in [0.25, 0.3) is 10.8 Å². The molecule has 1 atom stereocenters. The summed E-state index contributed by atoms with van der Waals surface area (Å²) in [6.45, 7) is 0.910. The van der Waals surface area contributed by atoms with Crippen LogP contribution in [-0.4, -0.2) is 18.1 Å². The number of hydrogen-bond donors (Lipinski definition) is 1. The summed E-state index contributed by atoms with van der Waals surface area (Å²) in [6.07, 6.45) is -3.30. The molecule has 18 heavy (non-hydrogen) atoms. The van der Waals surface area contributed by atoms with Gasteiger partial charge in [0, 0.05) is 10.9 Å². The number of halogens is 2. The molecule has 1 N–H and O–H groups in total. The maximum atomic E-state index is 12.3. The van der Waals surface area contributed by atoms with Crippen LogP contribution < -0.4 is 4.74 Å². The quantitative estimate of drug-likeness (QED) is 0.901. The van der Waals surface area contributed by atoms with E-state index in [1.54, 1.807) is 19.1 Å². The first-order valence-corrected chi connectivity index (χ1v) is 5.70. The van der Waals surface area contributed by atoms with E-state index in [-0.39, 0.29) is 0 Å². The highest BCUT2D eigenvalue weighted by Gasteiger charge is 2.14. The van der Waals surface area contributed by atoms with Crippen LogP contribution in [0.1, 0.15) is 18.6 Å². The van der Waals surface area contributed by atoms with Gasteiger partial charge in [0.15, 0.2) is 0 Å². The fourth-order valence-electron chi connectivity index (χ4n) is 1.90. The lowest BCUT2D eigenvalue weighted by Gasteiger charge is -2.15. The molecule has 0 spiro atoms. The Balaban J connectivity index is 2.52. The smallest absolute Gasteiger partial charge is 0.272 e. The summed E-state index contributed by atoms with van der Waals surface area (Å²) >= 11 is 0. The van der Waals surface area contributed by atoms with E-state index < -0.39 is 19.1 Å². The van der Waals surface area contributed by atoms with Crippen LogP contribution in [0.4, 0.5) is 8.78 Å². The predicted octanol–water partition coefficient (Wildman–Crippen LogP) is 3.54. The molecule has 2 aromatic carbocycles. The standard InChI is InChI=1S/C14H14F2O2/c1-9(17)11-7-6-10-4-2-3-5-12(10)14(11)18-8-13(15)16/h2-7,9,13,17H,8H2,1H3/t9-/m0/s1. The third-order valence-electron chi connectivity index (χ3n) is 2.71. The van der Waals surface area contributed by atoms with Gasteiger partial charge in [0.25, 0.3) is 6.43 Å². The summed E-state index contributed by atoms with van der Waals surface area (Å²) < 4.78 is 29.7. The lowest BCUT2D eigenvalue weighted by atomic mass is 10.0. The van der Waals surface area contributed by atoms with Crippen LogP contribution in [0, 0.1) is 0 Å². The molecule has 0 amide bonds. The van der Waals surface area contributed by atoms with Crippen molar-refractivity contribution in [2.45, 2.75) is 19.5 Å². The molecule has 2 rings (SSSR count). The summed E-state index contributed by atoms with van der Waals surface area (Å²) in [6, 6.07) is 10.9. The van der Waals surface area contributed by atoms with Crippen LogP contribution in [-0.2, 0) is 0 Å². The molecular formula is C14H14F2O2. The average molecular weight is 252 g/mol. The Kier molecular flexibility index (Phi) is 3.77. The zero-order valence-corrected chi connectivity index (χ0v) is 9.94. The number of aliphatic hydroxyl groups is 1. The zero-order chi connectivity index (χ0) is 13.1. The highest BCUT2D eigenvalue weighted by molar-refractivity contribution is 5.89. The molecule has 0 aliphatic heterocycles. The van der Waals surface area contributed by atoms with Gasteiger partial charge in [0.05, 0.1) is 6.10 Å². The van der Waals surface area contributed by atoms with E-state index in [1.807, 2.05) is 24.3 Å². The molecule has 0 saturated carbocycles. The van der Waals surface area contributed by atoms with Gasteiger partial charge in [0.1, 0.15) is 12.4 Å². The van der Waals surface area contributed by atoms with E-state index >= 15 is 0 Å². The van der Waals surface area contributed by atoms with Gasteiger partial charge in [-0.2, -0.15) is 0 Å². The molecule has 0 radical (unpaired) electrons. The van der Waals surface area contributed by atoms with E-state index in [0.717, 1.165) is 10.8 Å². The molecular weight excluding hydrogens is 238 g/mol. The number of benzene rings is 2. The second kappa shape index (κ2) is 5.31. The number of alkyl halides is 2. The van der Waals surface area contributed by atoms with Crippen molar-refractivity contribution in [2.24, 2.45) is 0 Å². The van der Waals surface area contributed by atoms with E-state index in [0.29, 0.717) is 11.3 Å². The van der Waals surface area contributed by atoms with Gasteiger partial charge in [-0.25, -0.2) is 8.78 Å². The molecule has 0 heterocycles. The van der Waals surface area contributed by atoms with Crippen molar-refractivity contribution in [1.82, 2.24) is 0 Å². The topological polar surface area (TPSA) is 29.5 Å². The van der Waals surface area contributed by atoms with Crippen LogP contribution >= 0.6 is 0 Å². The Morgan fingerprint density at radius 2 is 1.89 bits per heavy atom. The predicted molar refractivity (Wildman–Crippen MR) is 66.1 cm³/mol. The molecule has 0 aliphatic rings.